The first-order valence-electron chi connectivity index (χ1n) is 7.34. The highest BCUT2D eigenvalue weighted by atomic mass is 28.2. The number of rotatable bonds is 12. The van der Waals surface area contributed by atoms with E-state index in [0.717, 1.165) is 39.3 Å². The monoisotopic (exact) mass is 273 g/mol. The van der Waals surface area contributed by atoms with E-state index in [4.69, 9.17) is 9.47 Å². The lowest BCUT2D eigenvalue weighted by Gasteiger charge is -2.16. The normalized spacial score (nSPS) is 11.6. The molecule has 0 aromatic heterocycles. The van der Waals surface area contributed by atoms with Crippen LogP contribution in [0.2, 0.25) is 0 Å². The fourth-order valence-corrected chi connectivity index (χ4v) is 3.21. The molecule has 0 aliphatic rings. The van der Waals surface area contributed by atoms with Crippen molar-refractivity contribution in [3.8, 4) is 0 Å². The largest absolute Gasteiger partial charge is 0.381 e. The molecule has 0 radical (unpaired) electrons. The molecule has 18 heavy (non-hydrogen) atoms. The molecule has 0 aromatic rings. The van der Waals surface area contributed by atoms with Crippen LogP contribution in [-0.2, 0) is 9.47 Å². The predicted molar refractivity (Wildman–Crippen MR) is 81.8 cm³/mol. The van der Waals surface area contributed by atoms with Crippen LogP contribution in [0.5, 0.6) is 0 Å². The molecule has 4 heteroatoms. The van der Waals surface area contributed by atoms with Gasteiger partial charge in [0.1, 0.15) is 9.68 Å². The van der Waals surface area contributed by atoms with Gasteiger partial charge in [-0.15, -0.1) is 0 Å². The third-order valence-electron chi connectivity index (χ3n) is 3.08. The molecule has 0 heterocycles. The maximum atomic E-state index is 5.45. The van der Waals surface area contributed by atoms with E-state index in [1.807, 2.05) is 13.8 Å². The molecule has 0 unspecified atom stereocenters. The molecule has 3 nitrogen and oxygen atoms in total. The Morgan fingerprint density at radius 3 is 1.83 bits per heavy atom. The van der Waals surface area contributed by atoms with Gasteiger partial charge in [-0.3, -0.25) is 0 Å². The zero-order valence-electron chi connectivity index (χ0n) is 12.7. The lowest BCUT2D eigenvalue weighted by atomic mass is 10.1. The molecule has 0 N–H and O–H groups in total. The van der Waals surface area contributed by atoms with Crippen molar-refractivity contribution in [3.05, 3.63) is 11.3 Å². The van der Waals surface area contributed by atoms with Gasteiger partial charge in [-0.1, -0.05) is 25.1 Å². The molecule has 0 amide bonds. The minimum atomic E-state index is -0.231. The van der Waals surface area contributed by atoms with E-state index >= 15 is 0 Å². The number of nitrogens with zero attached hydrogens (tertiary/aromatic N) is 1. The second-order valence-electron chi connectivity index (χ2n) is 4.24. The molecule has 0 bridgehead atoms. The van der Waals surface area contributed by atoms with Gasteiger partial charge in [0.2, 0.25) is 0 Å². The third-order valence-corrected chi connectivity index (χ3v) is 5.25. The first-order valence-corrected chi connectivity index (χ1v) is 8.78. The van der Waals surface area contributed by atoms with Gasteiger partial charge in [0, 0.05) is 13.2 Å². The fourth-order valence-electron chi connectivity index (χ4n) is 1.76. The van der Waals surface area contributed by atoms with Crippen LogP contribution in [0, 0.1) is 0 Å². The Morgan fingerprint density at radius 1 is 0.944 bits per heavy atom. The molecule has 0 saturated heterocycles. The standard InChI is InChI=1S/C14H31NO2Si/c1-5-15(6-2)18-13-14(9-11-16-7-3)10-12-17-8-4/h13H,5-12,18H2,1-4H3. The van der Waals surface area contributed by atoms with Gasteiger partial charge in [0.05, 0.1) is 13.2 Å². The van der Waals surface area contributed by atoms with E-state index in [0.29, 0.717) is 0 Å². The van der Waals surface area contributed by atoms with Crippen LogP contribution in [0.4, 0.5) is 0 Å². The summed E-state index contributed by atoms with van der Waals surface area (Å²) in [5.74, 6) is 0. The van der Waals surface area contributed by atoms with Crippen molar-refractivity contribution in [2.75, 3.05) is 39.5 Å². The van der Waals surface area contributed by atoms with Crippen molar-refractivity contribution in [1.29, 1.82) is 0 Å². The van der Waals surface area contributed by atoms with Crippen molar-refractivity contribution in [2.24, 2.45) is 0 Å². The van der Waals surface area contributed by atoms with E-state index in [1.54, 1.807) is 0 Å². The molecule has 0 aliphatic carbocycles. The van der Waals surface area contributed by atoms with Crippen LogP contribution in [0.15, 0.2) is 11.3 Å². The summed E-state index contributed by atoms with van der Waals surface area (Å²) >= 11 is 0. The van der Waals surface area contributed by atoms with Crippen molar-refractivity contribution in [1.82, 2.24) is 4.57 Å². The molecule has 0 rings (SSSR count). The van der Waals surface area contributed by atoms with Crippen LogP contribution in [0.3, 0.4) is 0 Å². The second kappa shape index (κ2) is 13.3. The van der Waals surface area contributed by atoms with Crippen molar-refractivity contribution < 1.29 is 9.47 Å². The number of ether oxygens (including phenoxy) is 2. The highest BCUT2D eigenvalue weighted by Gasteiger charge is 2.01. The Balaban J connectivity index is 4.10. The third kappa shape index (κ3) is 9.83. The van der Waals surface area contributed by atoms with Gasteiger partial charge >= 0.3 is 0 Å². The molecule has 0 aliphatic heterocycles. The zero-order chi connectivity index (χ0) is 13.6. The van der Waals surface area contributed by atoms with E-state index in [-0.39, 0.29) is 9.68 Å². The van der Waals surface area contributed by atoms with Gasteiger partial charge < -0.3 is 14.0 Å². The van der Waals surface area contributed by atoms with Crippen LogP contribution in [-0.4, -0.2) is 53.8 Å². The topological polar surface area (TPSA) is 21.7 Å². The van der Waals surface area contributed by atoms with Gasteiger partial charge in [-0.2, -0.15) is 0 Å². The number of hydrogen-bond acceptors (Lipinski definition) is 3. The van der Waals surface area contributed by atoms with Gasteiger partial charge in [-0.25, -0.2) is 0 Å². The Hall–Kier alpha value is -0.163. The summed E-state index contributed by atoms with van der Waals surface area (Å²) in [5.41, 5.74) is 4.01. The molecule has 0 aromatic carbocycles. The van der Waals surface area contributed by atoms with Crippen LogP contribution in [0.1, 0.15) is 40.5 Å². The second-order valence-corrected chi connectivity index (χ2v) is 5.91. The Morgan fingerprint density at radius 2 is 1.44 bits per heavy atom. The first kappa shape index (κ1) is 17.8. The minimum Gasteiger partial charge on any atom is -0.381 e. The van der Waals surface area contributed by atoms with Gasteiger partial charge in [0.15, 0.2) is 0 Å². The molecule has 0 saturated carbocycles. The lowest BCUT2D eigenvalue weighted by Crippen LogP contribution is -2.26. The van der Waals surface area contributed by atoms with Crippen molar-refractivity contribution >= 4 is 9.68 Å². The first-order chi connectivity index (χ1) is 8.78. The van der Waals surface area contributed by atoms with Gasteiger partial charge in [0.25, 0.3) is 0 Å². The van der Waals surface area contributed by atoms with Crippen LogP contribution >= 0.6 is 0 Å². The maximum Gasteiger partial charge on any atom is 0.119 e. The molecule has 0 atom stereocenters. The molecule has 108 valence electrons. The fraction of sp³-hybridized carbons (Fsp3) is 0.857. The molecule has 0 fully saturated rings. The van der Waals surface area contributed by atoms with Gasteiger partial charge in [-0.05, 0) is 39.8 Å². The average molecular weight is 273 g/mol. The Kier molecular flexibility index (Phi) is 13.2. The van der Waals surface area contributed by atoms with E-state index < -0.39 is 0 Å². The zero-order valence-corrected chi connectivity index (χ0v) is 14.1. The van der Waals surface area contributed by atoms with Crippen LogP contribution in [0.25, 0.3) is 0 Å². The molecular formula is C14H31NO2Si. The Bertz CT molecular complexity index is 194. The SMILES string of the molecule is CCOCCC(=C[SiH2]N(CC)CC)CCOCC. The molecule has 0 spiro atoms. The van der Waals surface area contributed by atoms with Crippen LogP contribution < -0.4 is 0 Å². The van der Waals surface area contributed by atoms with Crippen molar-refractivity contribution in [2.45, 2.75) is 40.5 Å². The Labute approximate surface area is 115 Å². The smallest absolute Gasteiger partial charge is 0.119 e. The summed E-state index contributed by atoms with van der Waals surface area (Å²) in [5, 5.41) is 0. The summed E-state index contributed by atoms with van der Waals surface area (Å²) in [6.45, 7) is 14.2. The van der Waals surface area contributed by atoms with E-state index in [1.165, 1.54) is 18.7 Å². The average Bonchev–Trinajstić information content (AvgIpc) is 2.39. The quantitative estimate of drug-likeness (QED) is 0.402. The summed E-state index contributed by atoms with van der Waals surface area (Å²) in [7, 11) is -0.231. The summed E-state index contributed by atoms with van der Waals surface area (Å²) in [4.78, 5) is 0. The minimum absolute atomic E-state index is 0.231. The summed E-state index contributed by atoms with van der Waals surface area (Å²) in [6.07, 6.45) is 2.13. The highest BCUT2D eigenvalue weighted by molar-refractivity contribution is 6.38. The number of hydrogen-bond donors (Lipinski definition) is 0. The van der Waals surface area contributed by atoms with Crippen molar-refractivity contribution in [3.63, 3.8) is 0 Å². The summed E-state index contributed by atoms with van der Waals surface area (Å²) in [6, 6.07) is 0. The van der Waals surface area contributed by atoms with E-state index in [2.05, 4.69) is 24.1 Å². The highest BCUT2D eigenvalue weighted by Crippen LogP contribution is 2.07. The summed E-state index contributed by atoms with van der Waals surface area (Å²) < 4.78 is 13.5. The molecular weight excluding hydrogens is 242 g/mol. The lowest BCUT2D eigenvalue weighted by molar-refractivity contribution is 0.139. The van der Waals surface area contributed by atoms with E-state index in [9.17, 15) is 0 Å². The maximum absolute atomic E-state index is 5.45. The predicted octanol–water partition coefficient (Wildman–Crippen LogP) is 2.15.